The number of benzene rings is 1. The minimum absolute atomic E-state index is 0.521. The van der Waals surface area contributed by atoms with E-state index < -0.39 is 5.91 Å². The maximum atomic E-state index is 10.4. The molecule has 0 aromatic heterocycles. The second-order valence-corrected chi connectivity index (χ2v) is 3.41. The molecule has 0 saturated heterocycles. The largest absolute Gasteiger partial charge is 0.366 e. The van der Waals surface area contributed by atoms with Gasteiger partial charge in [0.2, 0.25) is 5.91 Å². The van der Waals surface area contributed by atoms with Crippen LogP contribution >= 0.6 is 23.2 Å². The number of rotatable bonds is 3. The predicted molar refractivity (Wildman–Crippen MR) is 58.4 cm³/mol. The Morgan fingerprint density at radius 1 is 1.29 bits per heavy atom. The van der Waals surface area contributed by atoms with Gasteiger partial charge in [0.15, 0.2) is 0 Å². The third-order valence-corrected chi connectivity index (χ3v) is 1.80. The Balaban J connectivity index is 2.72. The molecule has 0 heterocycles. The van der Waals surface area contributed by atoms with Crippen LogP contribution in [0.15, 0.2) is 30.5 Å². The van der Waals surface area contributed by atoms with Crippen molar-refractivity contribution in [2.75, 3.05) is 5.32 Å². The number of halogens is 2. The third-order valence-electron chi connectivity index (χ3n) is 1.36. The molecule has 0 radical (unpaired) electrons. The van der Waals surface area contributed by atoms with E-state index in [9.17, 15) is 4.79 Å². The minimum Gasteiger partial charge on any atom is -0.366 e. The summed E-state index contributed by atoms with van der Waals surface area (Å²) in [5.41, 5.74) is 5.59. The smallest absolute Gasteiger partial charge is 0.242 e. The Morgan fingerprint density at radius 3 is 2.36 bits per heavy atom. The molecule has 5 heteroatoms. The first-order chi connectivity index (χ1) is 6.58. The molecule has 0 aliphatic carbocycles. The predicted octanol–water partition coefficient (Wildman–Crippen LogP) is 2.40. The van der Waals surface area contributed by atoms with E-state index in [4.69, 9.17) is 28.9 Å². The number of anilines is 1. The van der Waals surface area contributed by atoms with Crippen molar-refractivity contribution in [3.63, 3.8) is 0 Å². The zero-order valence-corrected chi connectivity index (χ0v) is 8.64. The maximum absolute atomic E-state index is 10.4. The highest BCUT2D eigenvalue weighted by Crippen LogP contribution is 2.22. The molecule has 1 amide bonds. The summed E-state index contributed by atoms with van der Waals surface area (Å²) in [6.45, 7) is 0. The first kappa shape index (κ1) is 10.9. The summed E-state index contributed by atoms with van der Waals surface area (Å²) in [4.78, 5) is 10.4. The molecule has 14 heavy (non-hydrogen) atoms. The number of primary amides is 1. The van der Waals surface area contributed by atoms with Crippen LogP contribution < -0.4 is 11.1 Å². The zero-order valence-electron chi connectivity index (χ0n) is 7.13. The Bertz CT molecular complexity index is 357. The number of carbonyl (C=O) groups excluding carboxylic acids is 1. The van der Waals surface area contributed by atoms with Gasteiger partial charge < -0.3 is 11.1 Å². The van der Waals surface area contributed by atoms with Crippen molar-refractivity contribution in [3.8, 4) is 0 Å². The molecule has 0 atom stereocenters. The average Bonchev–Trinajstić information content (AvgIpc) is 2.01. The van der Waals surface area contributed by atoms with Crippen LogP contribution in [-0.2, 0) is 4.79 Å². The van der Waals surface area contributed by atoms with Gasteiger partial charge in [-0.05, 0) is 18.2 Å². The van der Waals surface area contributed by atoms with E-state index in [1.165, 1.54) is 12.3 Å². The molecule has 0 fully saturated rings. The van der Waals surface area contributed by atoms with E-state index in [1.54, 1.807) is 18.2 Å². The number of carbonyl (C=O) groups is 1. The van der Waals surface area contributed by atoms with E-state index in [-0.39, 0.29) is 0 Å². The molecule has 0 aliphatic heterocycles. The molecule has 74 valence electrons. The van der Waals surface area contributed by atoms with Crippen LogP contribution in [0.1, 0.15) is 0 Å². The maximum Gasteiger partial charge on any atom is 0.242 e. The zero-order chi connectivity index (χ0) is 10.6. The molecule has 3 N–H and O–H groups in total. The van der Waals surface area contributed by atoms with Crippen molar-refractivity contribution >= 4 is 34.8 Å². The van der Waals surface area contributed by atoms with Gasteiger partial charge in [-0.2, -0.15) is 0 Å². The number of hydrogen-bond acceptors (Lipinski definition) is 2. The lowest BCUT2D eigenvalue weighted by molar-refractivity contribution is -0.113. The Morgan fingerprint density at radius 2 is 1.86 bits per heavy atom. The third kappa shape index (κ3) is 3.68. The van der Waals surface area contributed by atoms with Crippen LogP contribution in [0.5, 0.6) is 0 Å². The molecule has 0 aliphatic rings. The van der Waals surface area contributed by atoms with E-state index in [0.29, 0.717) is 15.7 Å². The molecule has 1 aromatic carbocycles. The van der Waals surface area contributed by atoms with Crippen LogP contribution in [0.25, 0.3) is 0 Å². The SMILES string of the molecule is NC(=O)/C=C\Nc1cc(Cl)cc(Cl)c1. The summed E-state index contributed by atoms with van der Waals surface area (Å²) in [6.07, 6.45) is 2.62. The second kappa shape index (κ2) is 4.88. The summed E-state index contributed by atoms with van der Waals surface area (Å²) in [7, 11) is 0. The first-order valence-electron chi connectivity index (χ1n) is 3.76. The lowest BCUT2D eigenvalue weighted by Crippen LogP contribution is -2.06. The van der Waals surface area contributed by atoms with E-state index in [0.717, 1.165) is 0 Å². The standard InChI is InChI=1S/C9H8Cl2N2O/c10-6-3-7(11)5-8(4-6)13-2-1-9(12)14/h1-5,13H,(H2,12,14)/b2-1-. The quantitative estimate of drug-likeness (QED) is 0.784. The Labute approximate surface area is 91.5 Å². The number of nitrogens with two attached hydrogens (primary N) is 1. The van der Waals surface area contributed by atoms with Gasteiger partial charge in [-0.1, -0.05) is 23.2 Å². The summed E-state index contributed by atoms with van der Waals surface area (Å²) >= 11 is 11.5. The Hall–Kier alpha value is -1.19. The van der Waals surface area contributed by atoms with Gasteiger partial charge in [-0.25, -0.2) is 0 Å². The normalized spacial score (nSPS) is 10.4. The molecule has 1 aromatic rings. The highest BCUT2D eigenvalue weighted by atomic mass is 35.5. The summed E-state index contributed by atoms with van der Waals surface area (Å²) < 4.78 is 0. The fourth-order valence-electron chi connectivity index (χ4n) is 0.857. The van der Waals surface area contributed by atoms with Gasteiger partial charge >= 0.3 is 0 Å². The van der Waals surface area contributed by atoms with Crippen molar-refractivity contribution in [1.29, 1.82) is 0 Å². The fraction of sp³-hybridized carbons (Fsp3) is 0. The molecule has 0 unspecified atom stereocenters. The molecular formula is C9H8Cl2N2O. The van der Waals surface area contributed by atoms with E-state index >= 15 is 0 Å². The lowest BCUT2D eigenvalue weighted by atomic mass is 10.3. The van der Waals surface area contributed by atoms with Crippen molar-refractivity contribution in [2.24, 2.45) is 5.73 Å². The molecule has 0 spiro atoms. The van der Waals surface area contributed by atoms with Gasteiger partial charge in [0, 0.05) is 28.0 Å². The van der Waals surface area contributed by atoms with Crippen molar-refractivity contribution in [1.82, 2.24) is 0 Å². The van der Waals surface area contributed by atoms with Gasteiger partial charge in [0.25, 0.3) is 0 Å². The van der Waals surface area contributed by atoms with Crippen molar-refractivity contribution < 1.29 is 4.79 Å². The summed E-state index contributed by atoms with van der Waals surface area (Å²) in [5, 5.41) is 3.85. The van der Waals surface area contributed by atoms with Gasteiger partial charge in [0.1, 0.15) is 0 Å². The van der Waals surface area contributed by atoms with Gasteiger partial charge in [0.05, 0.1) is 0 Å². The van der Waals surface area contributed by atoms with E-state index in [2.05, 4.69) is 5.32 Å². The van der Waals surface area contributed by atoms with Gasteiger partial charge in [-0.3, -0.25) is 4.79 Å². The topological polar surface area (TPSA) is 55.1 Å². The molecule has 0 saturated carbocycles. The van der Waals surface area contributed by atoms with Crippen LogP contribution in [0.4, 0.5) is 5.69 Å². The summed E-state index contributed by atoms with van der Waals surface area (Å²) in [5.74, 6) is -0.523. The average molecular weight is 231 g/mol. The van der Waals surface area contributed by atoms with Crippen LogP contribution in [0, 0.1) is 0 Å². The highest BCUT2D eigenvalue weighted by molar-refractivity contribution is 6.35. The summed E-state index contributed by atoms with van der Waals surface area (Å²) in [6, 6.07) is 4.98. The molecular weight excluding hydrogens is 223 g/mol. The number of amides is 1. The molecule has 0 bridgehead atoms. The van der Waals surface area contributed by atoms with Crippen LogP contribution in [-0.4, -0.2) is 5.91 Å². The monoisotopic (exact) mass is 230 g/mol. The number of hydrogen-bond donors (Lipinski definition) is 2. The van der Waals surface area contributed by atoms with Gasteiger partial charge in [-0.15, -0.1) is 0 Å². The minimum atomic E-state index is -0.523. The fourth-order valence-corrected chi connectivity index (χ4v) is 1.38. The van der Waals surface area contributed by atoms with Crippen molar-refractivity contribution in [2.45, 2.75) is 0 Å². The molecule has 3 nitrogen and oxygen atoms in total. The Kier molecular flexibility index (Phi) is 3.80. The molecule has 1 rings (SSSR count). The van der Waals surface area contributed by atoms with Crippen LogP contribution in [0.3, 0.4) is 0 Å². The second-order valence-electron chi connectivity index (χ2n) is 2.54. The lowest BCUT2D eigenvalue weighted by Gasteiger charge is -2.01. The van der Waals surface area contributed by atoms with Crippen molar-refractivity contribution in [3.05, 3.63) is 40.5 Å². The first-order valence-corrected chi connectivity index (χ1v) is 4.52. The van der Waals surface area contributed by atoms with Crippen LogP contribution in [0.2, 0.25) is 10.0 Å². The van der Waals surface area contributed by atoms with E-state index in [1.807, 2.05) is 0 Å². The number of nitrogens with one attached hydrogen (secondary N) is 1. The highest BCUT2D eigenvalue weighted by Gasteiger charge is 1.95.